The summed E-state index contributed by atoms with van der Waals surface area (Å²) in [5.41, 5.74) is 3.60. The van der Waals surface area contributed by atoms with Crippen molar-refractivity contribution in [2.24, 2.45) is 14.1 Å². The maximum Gasteiger partial charge on any atom is 0.151 e. The summed E-state index contributed by atoms with van der Waals surface area (Å²) in [5, 5.41) is 12.2. The Hall–Kier alpha value is -1.69. The zero-order valence-electron chi connectivity index (χ0n) is 12.3. The predicted molar refractivity (Wildman–Crippen MR) is 73.8 cm³/mol. The molecule has 1 N–H and O–H groups in total. The van der Waals surface area contributed by atoms with Gasteiger partial charge in [-0.15, -0.1) is 0 Å². The van der Waals surface area contributed by atoms with Crippen molar-refractivity contribution in [1.82, 2.24) is 29.9 Å². The van der Waals surface area contributed by atoms with E-state index in [-0.39, 0.29) is 6.04 Å². The predicted octanol–water partition coefficient (Wildman–Crippen LogP) is 1.06. The number of hydrogen-bond acceptors (Lipinski definition) is 4. The molecule has 0 saturated carbocycles. The molecule has 2 aromatic rings. The standard InChI is InChI=1S/C13H22N6/c1-9(13-10(2)16-19(5)11(13)3)14-7-6-12-15-8-18(4)17-12/h8-9,14H,6-7H2,1-5H3. The van der Waals surface area contributed by atoms with Crippen LogP contribution in [-0.4, -0.2) is 31.1 Å². The second-order valence-electron chi connectivity index (χ2n) is 4.97. The highest BCUT2D eigenvalue weighted by Gasteiger charge is 2.15. The van der Waals surface area contributed by atoms with E-state index >= 15 is 0 Å². The molecule has 0 saturated heterocycles. The molecule has 1 unspecified atom stereocenters. The highest BCUT2D eigenvalue weighted by Crippen LogP contribution is 2.20. The summed E-state index contributed by atoms with van der Waals surface area (Å²) >= 11 is 0. The van der Waals surface area contributed by atoms with Gasteiger partial charge in [0.15, 0.2) is 5.82 Å². The summed E-state index contributed by atoms with van der Waals surface area (Å²) in [6, 6.07) is 0.289. The van der Waals surface area contributed by atoms with E-state index in [2.05, 4.69) is 41.3 Å². The number of hydrogen-bond donors (Lipinski definition) is 1. The van der Waals surface area contributed by atoms with Gasteiger partial charge in [0.25, 0.3) is 0 Å². The number of aromatic nitrogens is 5. The summed E-state index contributed by atoms with van der Waals surface area (Å²) in [5.74, 6) is 0.877. The number of nitrogens with one attached hydrogen (secondary N) is 1. The average Bonchev–Trinajstić information content (AvgIpc) is 2.84. The third kappa shape index (κ3) is 3.01. The van der Waals surface area contributed by atoms with Crippen LogP contribution in [0, 0.1) is 13.8 Å². The molecule has 0 bridgehead atoms. The molecule has 2 heterocycles. The second-order valence-corrected chi connectivity index (χ2v) is 4.97. The number of nitrogens with zero attached hydrogens (tertiary/aromatic N) is 5. The van der Waals surface area contributed by atoms with Gasteiger partial charge in [-0.1, -0.05) is 0 Å². The summed E-state index contributed by atoms with van der Waals surface area (Å²) < 4.78 is 3.66. The van der Waals surface area contributed by atoms with Gasteiger partial charge in [0.05, 0.1) is 5.69 Å². The molecule has 2 rings (SSSR count). The van der Waals surface area contributed by atoms with Gasteiger partial charge < -0.3 is 5.32 Å². The fourth-order valence-corrected chi connectivity index (χ4v) is 2.42. The van der Waals surface area contributed by atoms with Crippen molar-refractivity contribution < 1.29 is 0 Å². The van der Waals surface area contributed by atoms with Crippen LogP contribution < -0.4 is 5.32 Å². The first-order valence-corrected chi connectivity index (χ1v) is 6.57. The lowest BCUT2D eigenvalue weighted by atomic mass is 10.1. The first-order valence-electron chi connectivity index (χ1n) is 6.57. The molecule has 0 aromatic carbocycles. The van der Waals surface area contributed by atoms with Crippen LogP contribution in [0.1, 0.15) is 35.7 Å². The second kappa shape index (κ2) is 5.52. The van der Waals surface area contributed by atoms with Crippen LogP contribution in [0.3, 0.4) is 0 Å². The van der Waals surface area contributed by atoms with E-state index in [4.69, 9.17) is 0 Å². The van der Waals surface area contributed by atoms with Gasteiger partial charge in [-0.3, -0.25) is 9.36 Å². The van der Waals surface area contributed by atoms with Crippen molar-refractivity contribution in [1.29, 1.82) is 0 Å². The zero-order valence-corrected chi connectivity index (χ0v) is 12.3. The summed E-state index contributed by atoms with van der Waals surface area (Å²) in [6.07, 6.45) is 2.57. The Morgan fingerprint density at radius 1 is 1.26 bits per heavy atom. The van der Waals surface area contributed by atoms with Gasteiger partial charge in [-0.25, -0.2) is 4.98 Å². The Bertz CT molecular complexity index is 553. The normalized spacial score (nSPS) is 12.9. The van der Waals surface area contributed by atoms with Gasteiger partial charge in [-0.2, -0.15) is 10.2 Å². The molecular weight excluding hydrogens is 240 g/mol. The molecule has 0 amide bonds. The maximum atomic E-state index is 4.45. The fourth-order valence-electron chi connectivity index (χ4n) is 2.42. The third-order valence-corrected chi connectivity index (χ3v) is 3.44. The van der Waals surface area contributed by atoms with Crippen molar-refractivity contribution in [2.45, 2.75) is 33.2 Å². The average molecular weight is 262 g/mol. The van der Waals surface area contributed by atoms with Crippen LogP contribution in [0.15, 0.2) is 6.33 Å². The smallest absolute Gasteiger partial charge is 0.151 e. The molecule has 19 heavy (non-hydrogen) atoms. The lowest BCUT2D eigenvalue weighted by molar-refractivity contribution is 0.563. The highest BCUT2D eigenvalue weighted by molar-refractivity contribution is 5.27. The van der Waals surface area contributed by atoms with Crippen LogP contribution in [-0.2, 0) is 20.5 Å². The molecule has 0 spiro atoms. The Balaban J connectivity index is 1.92. The largest absolute Gasteiger partial charge is 0.310 e. The van der Waals surface area contributed by atoms with Crippen LogP contribution in [0.25, 0.3) is 0 Å². The van der Waals surface area contributed by atoms with Crippen molar-refractivity contribution in [2.75, 3.05) is 6.54 Å². The summed E-state index contributed by atoms with van der Waals surface area (Å²) in [4.78, 5) is 4.22. The van der Waals surface area contributed by atoms with Gasteiger partial charge >= 0.3 is 0 Å². The van der Waals surface area contributed by atoms with E-state index in [1.165, 1.54) is 11.3 Å². The molecule has 0 aliphatic heterocycles. The fraction of sp³-hybridized carbons (Fsp3) is 0.615. The van der Waals surface area contributed by atoms with Gasteiger partial charge in [0.1, 0.15) is 6.33 Å². The van der Waals surface area contributed by atoms with Gasteiger partial charge in [0.2, 0.25) is 0 Å². The van der Waals surface area contributed by atoms with Crippen molar-refractivity contribution >= 4 is 0 Å². The Kier molecular flexibility index (Phi) is 3.99. The van der Waals surface area contributed by atoms with E-state index < -0.39 is 0 Å². The Labute approximate surface area is 113 Å². The molecule has 1 atom stereocenters. The first kappa shape index (κ1) is 13.7. The molecular formula is C13H22N6. The van der Waals surface area contributed by atoms with Gasteiger partial charge in [0, 0.05) is 44.4 Å². The third-order valence-electron chi connectivity index (χ3n) is 3.44. The lowest BCUT2D eigenvalue weighted by Crippen LogP contribution is -2.22. The van der Waals surface area contributed by atoms with E-state index in [1.54, 1.807) is 11.0 Å². The van der Waals surface area contributed by atoms with Crippen LogP contribution in [0.4, 0.5) is 0 Å². The van der Waals surface area contributed by atoms with Crippen molar-refractivity contribution in [3.05, 3.63) is 29.1 Å². The quantitative estimate of drug-likeness (QED) is 0.875. The van der Waals surface area contributed by atoms with Crippen molar-refractivity contribution in [3.8, 4) is 0 Å². The zero-order chi connectivity index (χ0) is 14.0. The molecule has 2 aromatic heterocycles. The van der Waals surface area contributed by atoms with Crippen LogP contribution in [0.5, 0.6) is 0 Å². The molecule has 6 heteroatoms. The molecule has 6 nitrogen and oxygen atoms in total. The van der Waals surface area contributed by atoms with Crippen LogP contribution in [0.2, 0.25) is 0 Å². The minimum atomic E-state index is 0.289. The molecule has 0 aliphatic rings. The molecule has 0 aliphatic carbocycles. The van der Waals surface area contributed by atoms with E-state index in [0.29, 0.717) is 0 Å². The number of rotatable bonds is 5. The Morgan fingerprint density at radius 2 is 2.00 bits per heavy atom. The minimum absolute atomic E-state index is 0.289. The number of aryl methyl sites for hydroxylation is 3. The lowest BCUT2D eigenvalue weighted by Gasteiger charge is -2.14. The maximum absolute atomic E-state index is 4.45. The SMILES string of the molecule is Cc1nn(C)c(C)c1C(C)NCCc1ncn(C)n1. The van der Waals surface area contributed by atoms with E-state index in [0.717, 1.165) is 24.5 Å². The molecule has 0 fully saturated rings. The summed E-state index contributed by atoms with van der Waals surface area (Å²) in [6.45, 7) is 7.19. The first-order chi connectivity index (χ1) is 8.99. The monoisotopic (exact) mass is 262 g/mol. The topological polar surface area (TPSA) is 60.6 Å². The molecule has 0 radical (unpaired) electrons. The summed E-state index contributed by atoms with van der Waals surface area (Å²) in [7, 11) is 3.87. The highest BCUT2D eigenvalue weighted by atomic mass is 15.3. The molecule has 104 valence electrons. The van der Waals surface area contributed by atoms with Gasteiger partial charge in [-0.05, 0) is 20.8 Å². The Morgan fingerprint density at radius 3 is 2.53 bits per heavy atom. The van der Waals surface area contributed by atoms with Crippen LogP contribution >= 0.6 is 0 Å². The minimum Gasteiger partial charge on any atom is -0.310 e. The van der Waals surface area contributed by atoms with E-state index in [9.17, 15) is 0 Å². The van der Waals surface area contributed by atoms with E-state index in [1.807, 2.05) is 18.8 Å². The van der Waals surface area contributed by atoms with Crippen molar-refractivity contribution in [3.63, 3.8) is 0 Å².